The molecule has 146 valence electrons. The predicted molar refractivity (Wildman–Crippen MR) is 114 cm³/mol. The van der Waals surface area contributed by atoms with Gasteiger partial charge in [0.05, 0.1) is 16.7 Å². The lowest BCUT2D eigenvalue weighted by Gasteiger charge is -2.19. The van der Waals surface area contributed by atoms with E-state index in [4.69, 9.17) is 0 Å². The normalized spacial score (nSPS) is 19.4. The molecule has 28 heavy (non-hydrogen) atoms. The highest BCUT2D eigenvalue weighted by Crippen LogP contribution is 2.47. The summed E-state index contributed by atoms with van der Waals surface area (Å²) in [6, 6.07) is 14.4. The number of aromatic nitrogens is 3. The third-order valence-electron chi connectivity index (χ3n) is 5.18. The van der Waals surface area contributed by atoms with Crippen molar-refractivity contribution in [2.24, 2.45) is 11.8 Å². The summed E-state index contributed by atoms with van der Waals surface area (Å²) in [6.45, 7) is 5.10. The molecule has 4 rings (SSSR count). The number of hydrogen-bond donors (Lipinski definition) is 1. The molecule has 0 saturated heterocycles. The van der Waals surface area contributed by atoms with Crippen molar-refractivity contribution >= 4 is 29.0 Å². The van der Waals surface area contributed by atoms with Gasteiger partial charge in [-0.1, -0.05) is 55.1 Å². The Hall–Kier alpha value is -2.12. The topological polar surface area (TPSA) is 59.8 Å². The van der Waals surface area contributed by atoms with Crippen LogP contribution in [0.1, 0.15) is 31.9 Å². The lowest BCUT2D eigenvalue weighted by atomic mass is 10.0. The van der Waals surface area contributed by atoms with E-state index < -0.39 is 0 Å². The fraction of sp³-hybridized carbons (Fsp3) is 0.381. The minimum atomic E-state index is 0.0429. The van der Waals surface area contributed by atoms with Crippen LogP contribution in [0.15, 0.2) is 53.0 Å². The zero-order valence-electron chi connectivity index (χ0n) is 16.0. The van der Waals surface area contributed by atoms with Gasteiger partial charge in [-0.2, -0.15) is 0 Å². The first-order chi connectivity index (χ1) is 13.7. The van der Waals surface area contributed by atoms with Gasteiger partial charge in [-0.25, -0.2) is 0 Å². The second-order valence-electron chi connectivity index (χ2n) is 7.15. The van der Waals surface area contributed by atoms with Crippen LogP contribution < -0.4 is 5.32 Å². The van der Waals surface area contributed by atoms with Gasteiger partial charge in [0.2, 0.25) is 5.91 Å². The van der Waals surface area contributed by atoms with Crippen molar-refractivity contribution in [1.29, 1.82) is 0 Å². The fourth-order valence-electron chi connectivity index (χ4n) is 3.53. The van der Waals surface area contributed by atoms with Crippen molar-refractivity contribution in [3.8, 4) is 10.7 Å². The van der Waals surface area contributed by atoms with Crippen LogP contribution in [0, 0.1) is 11.8 Å². The molecule has 1 fully saturated rings. The number of nitrogens with zero attached hydrogens (tertiary/aromatic N) is 3. The number of nitrogens with one attached hydrogen (secondary N) is 1. The number of benzene rings is 1. The van der Waals surface area contributed by atoms with Crippen LogP contribution in [0.2, 0.25) is 0 Å². The van der Waals surface area contributed by atoms with Crippen molar-refractivity contribution < 1.29 is 4.79 Å². The van der Waals surface area contributed by atoms with E-state index in [1.807, 2.05) is 35.7 Å². The average Bonchev–Trinajstić information content (AvgIpc) is 3.12. The van der Waals surface area contributed by atoms with Crippen molar-refractivity contribution in [1.82, 2.24) is 20.1 Å². The van der Waals surface area contributed by atoms with Gasteiger partial charge < -0.3 is 9.88 Å². The molecule has 0 radical (unpaired) electrons. The number of carbonyl (C=O) groups excluding carboxylic acids is 1. The first-order valence-corrected chi connectivity index (χ1v) is 11.5. The van der Waals surface area contributed by atoms with Gasteiger partial charge in [0, 0.05) is 6.54 Å². The van der Waals surface area contributed by atoms with E-state index in [2.05, 4.69) is 46.1 Å². The Morgan fingerprint density at radius 2 is 2.07 bits per heavy atom. The van der Waals surface area contributed by atoms with Gasteiger partial charge in [-0.15, -0.1) is 21.5 Å². The Labute approximate surface area is 173 Å². The molecular weight excluding hydrogens is 388 g/mol. The molecule has 3 aromatic rings. The quantitative estimate of drug-likeness (QED) is 0.548. The smallest absolute Gasteiger partial charge is 0.230 e. The van der Waals surface area contributed by atoms with E-state index in [1.165, 1.54) is 23.7 Å². The Morgan fingerprint density at radius 3 is 2.71 bits per heavy atom. The van der Waals surface area contributed by atoms with Crippen LogP contribution >= 0.6 is 23.1 Å². The minimum absolute atomic E-state index is 0.0429. The van der Waals surface area contributed by atoms with Crippen LogP contribution in [-0.2, 0) is 11.3 Å². The fourth-order valence-corrected chi connectivity index (χ4v) is 5.06. The molecule has 5 nitrogen and oxygen atoms in total. The highest BCUT2D eigenvalue weighted by molar-refractivity contribution is 7.99. The zero-order chi connectivity index (χ0) is 19.5. The molecule has 1 aromatic carbocycles. The molecule has 1 aliphatic carbocycles. The lowest BCUT2D eigenvalue weighted by molar-refractivity contribution is -0.119. The van der Waals surface area contributed by atoms with Crippen LogP contribution in [-0.4, -0.2) is 26.4 Å². The summed E-state index contributed by atoms with van der Waals surface area (Å²) in [5.74, 6) is 2.44. The number of rotatable bonds is 8. The first kappa shape index (κ1) is 19.2. The van der Waals surface area contributed by atoms with Gasteiger partial charge in [-0.3, -0.25) is 4.79 Å². The Morgan fingerprint density at radius 1 is 1.29 bits per heavy atom. The maximum Gasteiger partial charge on any atom is 0.230 e. The SMILES string of the molecule is CCn1c(SCC(=O)NC(c2ccccc2)C2CC2C)nnc1-c1cccs1. The molecule has 7 heteroatoms. The number of carbonyl (C=O) groups is 1. The molecule has 1 N–H and O–H groups in total. The van der Waals surface area contributed by atoms with Gasteiger partial charge in [0.15, 0.2) is 11.0 Å². The van der Waals surface area contributed by atoms with E-state index >= 15 is 0 Å². The first-order valence-electron chi connectivity index (χ1n) is 9.61. The van der Waals surface area contributed by atoms with Crippen molar-refractivity contribution in [2.75, 3.05) is 5.75 Å². The average molecular weight is 413 g/mol. The van der Waals surface area contributed by atoms with Crippen molar-refractivity contribution in [3.63, 3.8) is 0 Å². The maximum atomic E-state index is 12.7. The zero-order valence-corrected chi connectivity index (χ0v) is 17.7. The molecule has 2 heterocycles. The number of thiophene rings is 1. The van der Waals surface area contributed by atoms with Crippen LogP contribution in [0.5, 0.6) is 0 Å². The summed E-state index contributed by atoms with van der Waals surface area (Å²) in [6.07, 6.45) is 1.17. The summed E-state index contributed by atoms with van der Waals surface area (Å²) in [4.78, 5) is 13.8. The van der Waals surface area contributed by atoms with Crippen molar-refractivity contribution in [2.45, 2.75) is 38.0 Å². The number of hydrogen-bond acceptors (Lipinski definition) is 5. The molecule has 0 bridgehead atoms. The van der Waals surface area contributed by atoms with Gasteiger partial charge in [0.1, 0.15) is 0 Å². The molecule has 1 amide bonds. The number of amides is 1. The minimum Gasteiger partial charge on any atom is -0.348 e. The molecule has 2 aromatic heterocycles. The summed E-state index contributed by atoms with van der Waals surface area (Å²) in [7, 11) is 0. The van der Waals surface area contributed by atoms with Gasteiger partial charge in [0.25, 0.3) is 0 Å². The van der Waals surface area contributed by atoms with Crippen molar-refractivity contribution in [3.05, 3.63) is 53.4 Å². The summed E-state index contributed by atoms with van der Waals surface area (Å²) >= 11 is 3.10. The van der Waals surface area contributed by atoms with Gasteiger partial charge >= 0.3 is 0 Å². The maximum absolute atomic E-state index is 12.7. The molecule has 3 atom stereocenters. The number of thioether (sulfide) groups is 1. The van der Waals surface area contributed by atoms with E-state index in [1.54, 1.807) is 11.3 Å². The molecule has 0 aliphatic heterocycles. The Kier molecular flexibility index (Phi) is 5.82. The Balaban J connectivity index is 1.42. The van der Waals surface area contributed by atoms with Gasteiger partial charge in [-0.05, 0) is 42.2 Å². The summed E-state index contributed by atoms with van der Waals surface area (Å²) in [5.41, 5.74) is 1.19. The van der Waals surface area contributed by atoms with E-state index in [0.717, 1.165) is 22.4 Å². The summed E-state index contributed by atoms with van der Waals surface area (Å²) in [5, 5.41) is 14.7. The molecule has 0 spiro atoms. The Bertz CT molecular complexity index is 923. The molecular formula is C21H24N4OS2. The molecule has 1 aliphatic rings. The second-order valence-corrected chi connectivity index (χ2v) is 9.04. The lowest BCUT2D eigenvalue weighted by Crippen LogP contribution is -2.31. The van der Waals surface area contributed by atoms with Crippen LogP contribution in [0.4, 0.5) is 0 Å². The van der Waals surface area contributed by atoms with E-state index in [0.29, 0.717) is 17.6 Å². The highest BCUT2D eigenvalue weighted by Gasteiger charge is 2.40. The monoisotopic (exact) mass is 412 g/mol. The largest absolute Gasteiger partial charge is 0.348 e. The highest BCUT2D eigenvalue weighted by atomic mass is 32.2. The van der Waals surface area contributed by atoms with E-state index in [9.17, 15) is 4.79 Å². The second kappa shape index (κ2) is 8.49. The summed E-state index contributed by atoms with van der Waals surface area (Å²) < 4.78 is 2.07. The third-order valence-corrected chi connectivity index (χ3v) is 7.01. The van der Waals surface area contributed by atoms with Crippen LogP contribution in [0.25, 0.3) is 10.7 Å². The van der Waals surface area contributed by atoms with Crippen LogP contribution in [0.3, 0.4) is 0 Å². The molecule has 3 unspecified atom stereocenters. The standard InChI is InChI=1S/C21H24N4OS2/c1-3-25-20(17-10-7-11-27-17)23-24-21(25)28-13-18(26)22-19(16-12-14(16)2)15-8-5-4-6-9-15/h4-11,14,16,19H,3,12-13H2,1-2H3,(H,22,26). The third kappa shape index (κ3) is 4.15. The van der Waals surface area contributed by atoms with E-state index in [-0.39, 0.29) is 11.9 Å². The molecule has 1 saturated carbocycles. The predicted octanol–water partition coefficient (Wildman–Crippen LogP) is 4.63.